The van der Waals surface area contributed by atoms with Gasteiger partial charge in [-0.25, -0.2) is 9.37 Å². The fraction of sp³-hybridized carbons (Fsp3) is 0.143. The minimum absolute atomic E-state index is 0.359. The monoisotopic (exact) mass is 381 g/mol. The molecule has 0 amide bonds. The van der Waals surface area contributed by atoms with Gasteiger partial charge in [-0.05, 0) is 55.4 Å². The van der Waals surface area contributed by atoms with E-state index in [1.54, 1.807) is 18.3 Å². The van der Waals surface area contributed by atoms with Crippen LogP contribution in [-0.4, -0.2) is 10.1 Å². The summed E-state index contributed by atoms with van der Waals surface area (Å²) < 4.78 is 19.1. The van der Waals surface area contributed by atoms with Crippen molar-refractivity contribution in [1.29, 1.82) is 0 Å². The number of nitrogens with one attached hydrogen (secondary N) is 2. The van der Waals surface area contributed by atoms with Crippen LogP contribution < -0.4 is 15.4 Å². The van der Waals surface area contributed by atoms with E-state index in [0.717, 1.165) is 22.4 Å². The van der Waals surface area contributed by atoms with Crippen molar-refractivity contribution >= 4 is 23.0 Å². The maximum Gasteiger partial charge on any atom is 0.224 e. The molecule has 0 aliphatic heterocycles. The number of nitrogens with zero attached hydrogens (tertiary/aromatic N) is 1. The van der Waals surface area contributed by atoms with Gasteiger partial charge in [-0.2, -0.15) is 0 Å². The molecular weight excluding hydrogens is 361 g/mol. The SMILES string of the molecule is Cc1cccc(C)c1NC(=S)NCc1cccnc1Oc1cccc(F)c1. The quantitative estimate of drug-likeness (QED) is 0.601. The zero-order valence-corrected chi connectivity index (χ0v) is 15.9. The number of halogens is 1. The first kappa shape index (κ1) is 18.8. The molecule has 2 aromatic carbocycles. The Hall–Kier alpha value is -2.99. The Bertz CT molecular complexity index is 941. The van der Waals surface area contributed by atoms with Crippen LogP contribution in [0.25, 0.3) is 0 Å². The molecule has 138 valence electrons. The number of benzene rings is 2. The van der Waals surface area contributed by atoms with Crippen molar-refractivity contribution in [2.24, 2.45) is 0 Å². The van der Waals surface area contributed by atoms with Gasteiger partial charge in [0, 0.05) is 30.1 Å². The molecule has 3 rings (SSSR count). The fourth-order valence-corrected chi connectivity index (χ4v) is 2.81. The number of aryl methyl sites for hydroxylation is 2. The summed E-state index contributed by atoms with van der Waals surface area (Å²) in [5, 5.41) is 6.91. The van der Waals surface area contributed by atoms with Gasteiger partial charge in [0.2, 0.25) is 5.88 Å². The number of rotatable bonds is 5. The van der Waals surface area contributed by atoms with Crippen molar-refractivity contribution < 1.29 is 9.13 Å². The lowest BCUT2D eigenvalue weighted by atomic mass is 10.1. The summed E-state index contributed by atoms with van der Waals surface area (Å²) in [5.41, 5.74) is 4.05. The highest BCUT2D eigenvalue weighted by Crippen LogP contribution is 2.23. The van der Waals surface area contributed by atoms with Gasteiger partial charge in [0.05, 0.1) is 0 Å². The van der Waals surface area contributed by atoms with Gasteiger partial charge < -0.3 is 15.4 Å². The van der Waals surface area contributed by atoms with E-state index >= 15 is 0 Å². The van der Waals surface area contributed by atoms with E-state index in [2.05, 4.69) is 15.6 Å². The maximum atomic E-state index is 13.4. The number of hydrogen-bond acceptors (Lipinski definition) is 3. The number of para-hydroxylation sites is 1. The van der Waals surface area contributed by atoms with Gasteiger partial charge in [0.15, 0.2) is 5.11 Å². The molecule has 0 aliphatic rings. The number of ether oxygens (including phenoxy) is 1. The molecule has 6 heteroatoms. The average Bonchev–Trinajstić information content (AvgIpc) is 2.64. The van der Waals surface area contributed by atoms with Crippen LogP contribution >= 0.6 is 12.2 Å². The normalized spacial score (nSPS) is 10.3. The molecule has 0 saturated carbocycles. The van der Waals surface area contributed by atoms with Gasteiger partial charge in [-0.15, -0.1) is 0 Å². The van der Waals surface area contributed by atoms with Crippen molar-refractivity contribution in [3.05, 3.63) is 83.3 Å². The molecule has 0 fully saturated rings. The Morgan fingerprint density at radius 3 is 2.56 bits per heavy atom. The van der Waals surface area contributed by atoms with Crippen LogP contribution in [0.5, 0.6) is 11.6 Å². The van der Waals surface area contributed by atoms with Gasteiger partial charge in [0.1, 0.15) is 11.6 Å². The number of hydrogen-bond donors (Lipinski definition) is 2. The second-order valence-electron chi connectivity index (χ2n) is 6.10. The predicted molar refractivity (Wildman–Crippen MR) is 110 cm³/mol. The third-order valence-corrected chi connectivity index (χ3v) is 4.27. The Morgan fingerprint density at radius 2 is 1.81 bits per heavy atom. The summed E-state index contributed by atoms with van der Waals surface area (Å²) in [4.78, 5) is 4.25. The molecule has 2 N–H and O–H groups in total. The van der Waals surface area contributed by atoms with Crippen LogP contribution in [0.2, 0.25) is 0 Å². The molecular formula is C21H20FN3OS. The van der Waals surface area contributed by atoms with Crippen LogP contribution in [-0.2, 0) is 6.54 Å². The highest BCUT2D eigenvalue weighted by atomic mass is 32.1. The standard InChI is InChI=1S/C21H20FN3OS/c1-14-6-3-7-15(2)19(14)25-21(27)24-13-16-8-5-11-23-20(16)26-18-10-4-9-17(22)12-18/h3-12H,13H2,1-2H3,(H2,24,25,27). The third kappa shape index (κ3) is 5.01. The van der Waals surface area contributed by atoms with E-state index in [4.69, 9.17) is 17.0 Å². The van der Waals surface area contributed by atoms with Crippen LogP contribution in [0.4, 0.5) is 10.1 Å². The predicted octanol–water partition coefficient (Wildman–Crippen LogP) is 5.12. The smallest absolute Gasteiger partial charge is 0.224 e. The Morgan fingerprint density at radius 1 is 1.07 bits per heavy atom. The topological polar surface area (TPSA) is 46.2 Å². The van der Waals surface area contributed by atoms with Crippen molar-refractivity contribution in [3.63, 3.8) is 0 Å². The maximum absolute atomic E-state index is 13.4. The van der Waals surface area contributed by atoms with E-state index < -0.39 is 0 Å². The van der Waals surface area contributed by atoms with E-state index in [1.807, 2.05) is 44.2 Å². The summed E-state index contributed by atoms with van der Waals surface area (Å²) >= 11 is 5.41. The molecule has 27 heavy (non-hydrogen) atoms. The molecule has 0 radical (unpaired) electrons. The Balaban J connectivity index is 1.67. The lowest BCUT2D eigenvalue weighted by Crippen LogP contribution is -2.28. The van der Waals surface area contributed by atoms with Crippen LogP contribution in [0.1, 0.15) is 16.7 Å². The van der Waals surface area contributed by atoms with Crippen molar-refractivity contribution in [2.75, 3.05) is 5.32 Å². The molecule has 1 heterocycles. The number of pyridine rings is 1. The largest absolute Gasteiger partial charge is 0.439 e. The molecule has 0 spiro atoms. The van der Waals surface area contributed by atoms with Gasteiger partial charge in [-0.3, -0.25) is 0 Å². The lowest BCUT2D eigenvalue weighted by Gasteiger charge is -2.15. The fourth-order valence-electron chi connectivity index (χ4n) is 2.64. The van der Waals surface area contributed by atoms with Gasteiger partial charge >= 0.3 is 0 Å². The van der Waals surface area contributed by atoms with E-state index in [9.17, 15) is 4.39 Å². The molecule has 0 aliphatic carbocycles. The Labute approximate surface area is 163 Å². The van der Waals surface area contributed by atoms with Gasteiger partial charge in [0.25, 0.3) is 0 Å². The van der Waals surface area contributed by atoms with Crippen LogP contribution in [0.15, 0.2) is 60.8 Å². The average molecular weight is 381 g/mol. The highest BCUT2D eigenvalue weighted by Gasteiger charge is 2.09. The van der Waals surface area contributed by atoms with Crippen molar-refractivity contribution in [3.8, 4) is 11.6 Å². The first-order valence-corrected chi connectivity index (χ1v) is 8.92. The summed E-state index contributed by atoms with van der Waals surface area (Å²) in [6.07, 6.45) is 1.63. The van der Waals surface area contributed by atoms with Crippen molar-refractivity contribution in [1.82, 2.24) is 10.3 Å². The summed E-state index contributed by atoms with van der Waals surface area (Å²) in [6.45, 7) is 4.49. The van der Waals surface area contributed by atoms with Crippen LogP contribution in [0, 0.1) is 19.7 Å². The first-order chi connectivity index (χ1) is 13.0. The molecule has 0 unspecified atom stereocenters. The zero-order valence-electron chi connectivity index (χ0n) is 15.1. The van der Waals surface area contributed by atoms with E-state index in [-0.39, 0.29) is 5.82 Å². The Kier molecular flexibility index (Phi) is 5.98. The van der Waals surface area contributed by atoms with E-state index in [0.29, 0.717) is 23.3 Å². The summed E-state index contributed by atoms with van der Waals surface area (Å²) in [5.74, 6) is 0.443. The highest BCUT2D eigenvalue weighted by molar-refractivity contribution is 7.80. The minimum Gasteiger partial charge on any atom is -0.439 e. The third-order valence-electron chi connectivity index (χ3n) is 4.02. The first-order valence-electron chi connectivity index (χ1n) is 8.51. The molecule has 4 nitrogen and oxygen atoms in total. The lowest BCUT2D eigenvalue weighted by molar-refractivity contribution is 0.451. The number of aromatic nitrogens is 1. The molecule has 0 atom stereocenters. The second-order valence-corrected chi connectivity index (χ2v) is 6.51. The van der Waals surface area contributed by atoms with Crippen molar-refractivity contribution in [2.45, 2.75) is 20.4 Å². The van der Waals surface area contributed by atoms with E-state index in [1.165, 1.54) is 12.1 Å². The summed E-state index contributed by atoms with van der Waals surface area (Å²) in [6, 6.07) is 15.7. The molecule has 1 aromatic heterocycles. The number of anilines is 1. The molecule has 3 aromatic rings. The molecule has 0 saturated heterocycles. The molecule has 0 bridgehead atoms. The second kappa shape index (κ2) is 8.60. The summed E-state index contributed by atoms with van der Waals surface area (Å²) in [7, 11) is 0. The van der Waals surface area contributed by atoms with Crippen LogP contribution in [0.3, 0.4) is 0 Å². The van der Waals surface area contributed by atoms with Gasteiger partial charge in [-0.1, -0.05) is 30.3 Å². The zero-order chi connectivity index (χ0) is 19.2. The number of thiocarbonyl (C=S) groups is 1. The minimum atomic E-state index is -0.359.